The van der Waals surface area contributed by atoms with Crippen LogP contribution in [0.1, 0.15) is 25.1 Å². The molecule has 96 valence electrons. The van der Waals surface area contributed by atoms with Gasteiger partial charge in [0.25, 0.3) is 0 Å². The Morgan fingerprint density at radius 1 is 1.41 bits per heavy atom. The van der Waals surface area contributed by atoms with Crippen LogP contribution in [0, 0.1) is 6.92 Å². The summed E-state index contributed by atoms with van der Waals surface area (Å²) in [6, 6.07) is 4.02. The highest BCUT2D eigenvalue weighted by Gasteiger charge is 2.06. The average molecular weight is 238 g/mol. The average Bonchev–Trinajstić information content (AvgIpc) is 2.26. The Kier molecular flexibility index (Phi) is 5.94. The summed E-state index contributed by atoms with van der Waals surface area (Å²) < 4.78 is 11.0. The van der Waals surface area contributed by atoms with Crippen LogP contribution in [-0.2, 0) is 11.3 Å². The van der Waals surface area contributed by atoms with Crippen LogP contribution in [0.5, 0.6) is 5.88 Å². The zero-order chi connectivity index (χ0) is 12.7. The predicted octanol–water partition coefficient (Wildman–Crippen LogP) is 1.91. The minimum Gasteiger partial charge on any atom is -0.472 e. The lowest BCUT2D eigenvalue weighted by atomic mass is 10.2. The van der Waals surface area contributed by atoms with Crippen molar-refractivity contribution in [2.24, 2.45) is 0 Å². The van der Waals surface area contributed by atoms with Gasteiger partial charge >= 0.3 is 0 Å². The van der Waals surface area contributed by atoms with Gasteiger partial charge in [0.05, 0.1) is 6.61 Å². The Hall–Kier alpha value is -1.13. The molecule has 4 heteroatoms. The molecule has 0 saturated heterocycles. The van der Waals surface area contributed by atoms with Crippen molar-refractivity contribution >= 4 is 0 Å². The van der Waals surface area contributed by atoms with Gasteiger partial charge in [0.1, 0.15) is 6.10 Å². The van der Waals surface area contributed by atoms with E-state index in [2.05, 4.69) is 16.4 Å². The maximum atomic E-state index is 5.72. The summed E-state index contributed by atoms with van der Waals surface area (Å²) in [5.41, 5.74) is 2.15. The third kappa shape index (κ3) is 5.15. The third-order valence-corrected chi connectivity index (χ3v) is 2.25. The molecule has 0 aliphatic heterocycles. The van der Waals surface area contributed by atoms with E-state index in [9.17, 15) is 0 Å². The van der Waals surface area contributed by atoms with E-state index >= 15 is 0 Å². The molecule has 1 aromatic rings. The highest BCUT2D eigenvalue weighted by Crippen LogP contribution is 2.14. The maximum absolute atomic E-state index is 5.72. The van der Waals surface area contributed by atoms with Gasteiger partial charge < -0.3 is 14.8 Å². The van der Waals surface area contributed by atoms with E-state index in [4.69, 9.17) is 9.47 Å². The standard InChI is InChI=1S/C13H22N2O2/c1-5-16-9-11(3)17-13-7-12(8-14-4)6-10(2)15-13/h6-7,11,14H,5,8-9H2,1-4H3. The van der Waals surface area contributed by atoms with E-state index in [1.54, 1.807) is 0 Å². The molecule has 1 heterocycles. The van der Waals surface area contributed by atoms with Gasteiger partial charge in [-0.3, -0.25) is 0 Å². The lowest BCUT2D eigenvalue weighted by Gasteiger charge is -2.14. The molecule has 0 spiro atoms. The fourth-order valence-electron chi connectivity index (χ4n) is 1.60. The first-order valence-electron chi connectivity index (χ1n) is 6.02. The molecule has 17 heavy (non-hydrogen) atoms. The number of nitrogens with zero attached hydrogens (tertiary/aromatic N) is 1. The molecule has 1 rings (SSSR count). The van der Waals surface area contributed by atoms with E-state index in [0.717, 1.165) is 12.2 Å². The van der Waals surface area contributed by atoms with Crippen LogP contribution in [-0.4, -0.2) is 31.3 Å². The minimum atomic E-state index is 0.0201. The van der Waals surface area contributed by atoms with Crippen LogP contribution in [0.4, 0.5) is 0 Å². The Morgan fingerprint density at radius 2 is 2.18 bits per heavy atom. The molecule has 1 N–H and O–H groups in total. The molecule has 0 fully saturated rings. The topological polar surface area (TPSA) is 43.4 Å². The molecule has 0 saturated carbocycles. The first-order valence-corrected chi connectivity index (χ1v) is 6.02. The van der Waals surface area contributed by atoms with Gasteiger partial charge in [0.15, 0.2) is 0 Å². The summed E-state index contributed by atoms with van der Waals surface area (Å²) in [5.74, 6) is 0.669. The summed E-state index contributed by atoms with van der Waals surface area (Å²) in [7, 11) is 1.92. The Balaban J connectivity index is 2.63. The second-order valence-corrected chi connectivity index (χ2v) is 4.07. The minimum absolute atomic E-state index is 0.0201. The number of ether oxygens (including phenoxy) is 2. The normalized spacial score (nSPS) is 12.5. The van der Waals surface area contributed by atoms with Crippen LogP contribution < -0.4 is 10.1 Å². The van der Waals surface area contributed by atoms with Crippen molar-refractivity contribution < 1.29 is 9.47 Å². The summed E-state index contributed by atoms with van der Waals surface area (Å²) in [6.45, 7) is 8.05. The number of pyridine rings is 1. The lowest BCUT2D eigenvalue weighted by Crippen LogP contribution is -2.20. The molecule has 4 nitrogen and oxygen atoms in total. The monoisotopic (exact) mass is 238 g/mol. The number of nitrogens with one attached hydrogen (secondary N) is 1. The quantitative estimate of drug-likeness (QED) is 0.788. The van der Waals surface area contributed by atoms with E-state index in [1.807, 2.05) is 33.9 Å². The van der Waals surface area contributed by atoms with Gasteiger partial charge in [-0.15, -0.1) is 0 Å². The summed E-state index contributed by atoms with van der Waals surface area (Å²) in [4.78, 5) is 4.36. The van der Waals surface area contributed by atoms with Gasteiger partial charge in [0.2, 0.25) is 5.88 Å². The second kappa shape index (κ2) is 7.25. The molecule has 1 unspecified atom stereocenters. The molecule has 0 aliphatic rings. The fraction of sp³-hybridized carbons (Fsp3) is 0.615. The second-order valence-electron chi connectivity index (χ2n) is 4.07. The number of hydrogen-bond donors (Lipinski definition) is 1. The zero-order valence-corrected chi connectivity index (χ0v) is 11.1. The van der Waals surface area contributed by atoms with Crippen molar-refractivity contribution in [1.29, 1.82) is 0 Å². The van der Waals surface area contributed by atoms with Crippen LogP contribution >= 0.6 is 0 Å². The number of aryl methyl sites for hydroxylation is 1. The smallest absolute Gasteiger partial charge is 0.214 e. The van der Waals surface area contributed by atoms with E-state index in [0.29, 0.717) is 19.1 Å². The van der Waals surface area contributed by atoms with Gasteiger partial charge in [-0.1, -0.05) is 0 Å². The van der Waals surface area contributed by atoms with Crippen molar-refractivity contribution in [2.75, 3.05) is 20.3 Å². The first-order chi connectivity index (χ1) is 8.15. The number of hydrogen-bond acceptors (Lipinski definition) is 4. The van der Waals surface area contributed by atoms with Gasteiger partial charge in [0, 0.05) is 24.9 Å². The molecule has 0 amide bonds. The summed E-state index contributed by atoms with van der Waals surface area (Å²) >= 11 is 0. The van der Waals surface area contributed by atoms with Crippen molar-refractivity contribution in [1.82, 2.24) is 10.3 Å². The van der Waals surface area contributed by atoms with Crippen LogP contribution in [0.3, 0.4) is 0 Å². The third-order valence-electron chi connectivity index (χ3n) is 2.25. The molecular formula is C13H22N2O2. The molecule has 0 bridgehead atoms. The van der Waals surface area contributed by atoms with E-state index in [1.165, 1.54) is 5.56 Å². The highest BCUT2D eigenvalue weighted by molar-refractivity contribution is 5.24. The van der Waals surface area contributed by atoms with Gasteiger partial charge in [-0.05, 0) is 39.4 Å². The van der Waals surface area contributed by atoms with Crippen molar-refractivity contribution in [3.05, 3.63) is 23.4 Å². The predicted molar refractivity (Wildman–Crippen MR) is 68.3 cm³/mol. The lowest BCUT2D eigenvalue weighted by molar-refractivity contribution is 0.0632. The highest BCUT2D eigenvalue weighted by atomic mass is 16.5. The zero-order valence-electron chi connectivity index (χ0n) is 11.1. The number of rotatable bonds is 7. The summed E-state index contributed by atoms with van der Waals surface area (Å²) in [6.07, 6.45) is 0.0201. The van der Waals surface area contributed by atoms with E-state index in [-0.39, 0.29) is 6.10 Å². The van der Waals surface area contributed by atoms with Crippen LogP contribution in [0.15, 0.2) is 12.1 Å². The maximum Gasteiger partial charge on any atom is 0.214 e. The molecule has 0 aliphatic carbocycles. The Morgan fingerprint density at radius 3 is 2.82 bits per heavy atom. The summed E-state index contributed by atoms with van der Waals surface area (Å²) in [5, 5.41) is 3.12. The van der Waals surface area contributed by atoms with Crippen molar-refractivity contribution in [3.8, 4) is 5.88 Å². The van der Waals surface area contributed by atoms with Gasteiger partial charge in [-0.25, -0.2) is 4.98 Å². The fourth-order valence-corrected chi connectivity index (χ4v) is 1.60. The van der Waals surface area contributed by atoms with Crippen molar-refractivity contribution in [2.45, 2.75) is 33.4 Å². The van der Waals surface area contributed by atoms with Crippen LogP contribution in [0.25, 0.3) is 0 Å². The Bertz CT molecular complexity index is 342. The molecule has 1 atom stereocenters. The SMILES string of the molecule is CCOCC(C)Oc1cc(CNC)cc(C)n1. The largest absolute Gasteiger partial charge is 0.472 e. The number of aromatic nitrogens is 1. The van der Waals surface area contributed by atoms with Crippen LogP contribution in [0.2, 0.25) is 0 Å². The molecule has 1 aromatic heterocycles. The van der Waals surface area contributed by atoms with Crippen molar-refractivity contribution in [3.63, 3.8) is 0 Å². The molecular weight excluding hydrogens is 216 g/mol. The van der Waals surface area contributed by atoms with E-state index < -0.39 is 0 Å². The Labute approximate surface area is 103 Å². The van der Waals surface area contributed by atoms with Gasteiger partial charge in [-0.2, -0.15) is 0 Å². The first kappa shape index (κ1) is 13.9. The molecule has 0 aromatic carbocycles. The molecule has 0 radical (unpaired) electrons.